The van der Waals surface area contributed by atoms with E-state index in [4.69, 9.17) is 23.2 Å². The van der Waals surface area contributed by atoms with Gasteiger partial charge in [-0.1, -0.05) is 71.4 Å². The van der Waals surface area contributed by atoms with Gasteiger partial charge in [-0.05, 0) is 35.9 Å². The van der Waals surface area contributed by atoms with Gasteiger partial charge in [0.1, 0.15) is 5.25 Å². The molecular weight excluding hydrogens is 477 g/mol. The highest BCUT2D eigenvalue weighted by atomic mass is 35.5. The van der Waals surface area contributed by atoms with Crippen molar-refractivity contribution in [1.82, 2.24) is 19.7 Å². The molecule has 2 aromatic carbocycles. The number of hydrogen-bond acceptors (Lipinski definition) is 5. The molecule has 0 saturated carbocycles. The number of carbonyl (C=O) groups excluding carboxylic acids is 1. The van der Waals surface area contributed by atoms with Crippen LogP contribution >= 0.6 is 35.0 Å². The zero-order valence-electron chi connectivity index (χ0n) is 17.4. The number of halogens is 2. The summed E-state index contributed by atoms with van der Waals surface area (Å²) in [5.41, 5.74) is 2.22. The molecule has 0 radical (unpaired) electrons. The first-order valence-corrected chi connectivity index (χ1v) is 11.6. The molecule has 0 bridgehead atoms. The van der Waals surface area contributed by atoms with Crippen LogP contribution in [0.4, 0.5) is 5.69 Å². The number of thioether (sulfide) groups is 1. The maximum absolute atomic E-state index is 13.4. The molecule has 9 heteroatoms. The van der Waals surface area contributed by atoms with E-state index in [-0.39, 0.29) is 5.91 Å². The van der Waals surface area contributed by atoms with Gasteiger partial charge in [-0.2, -0.15) is 0 Å². The van der Waals surface area contributed by atoms with E-state index >= 15 is 0 Å². The second-order valence-electron chi connectivity index (χ2n) is 7.00. The first-order valence-electron chi connectivity index (χ1n) is 9.98. The second-order valence-corrected chi connectivity index (χ2v) is 8.94. The first-order chi connectivity index (χ1) is 16.0. The highest BCUT2D eigenvalue weighted by molar-refractivity contribution is 8.00. The summed E-state index contributed by atoms with van der Waals surface area (Å²) >= 11 is 13.5. The number of hydrogen-bond donors (Lipinski definition) is 1. The lowest BCUT2D eigenvalue weighted by Gasteiger charge is -2.17. The van der Waals surface area contributed by atoms with Crippen LogP contribution < -0.4 is 5.32 Å². The smallest absolute Gasteiger partial charge is 0.242 e. The molecule has 0 aliphatic heterocycles. The number of nitrogens with one attached hydrogen (secondary N) is 1. The minimum atomic E-state index is -0.595. The maximum Gasteiger partial charge on any atom is 0.242 e. The number of pyridine rings is 1. The summed E-state index contributed by atoms with van der Waals surface area (Å²) in [5, 5.41) is 12.5. The number of benzene rings is 2. The molecule has 2 heterocycles. The molecule has 0 spiro atoms. The van der Waals surface area contributed by atoms with Gasteiger partial charge in [0.25, 0.3) is 0 Å². The fraction of sp³-hybridized carbons (Fsp3) is 0.0833. The Hall–Kier alpha value is -3.13. The van der Waals surface area contributed by atoms with Crippen LogP contribution in [0.15, 0.2) is 90.9 Å². The van der Waals surface area contributed by atoms with Crippen LogP contribution in [0.3, 0.4) is 0 Å². The third-order valence-electron chi connectivity index (χ3n) is 4.66. The van der Waals surface area contributed by atoms with E-state index < -0.39 is 5.25 Å². The Morgan fingerprint density at radius 3 is 2.42 bits per heavy atom. The van der Waals surface area contributed by atoms with Crippen LogP contribution in [0.25, 0.3) is 11.4 Å². The molecule has 1 atom stereocenters. The highest BCUT2D eigenvalue weighted by Crippen LogP contribution is 2.37. The van der Waals surface area contributed by atoms with Crippen LogP contribution in [0, 0.1) is 0 Å². The van der Waals surface area contributed by atoms with Gasteiger partial charge >= 0.3 is 0 Å². The summed E-state index contributed by atoms with van der Waals surface area (Å²) in [5.74, 6) is 0.441. The van der Waals surface area contributed by atoms with Crippen molar-refractivity contribution in [3.05, 3.63) is 101 Å². The molecule has 33 heavy (non-hydrogen) atoms. The Labute approximate surface area is 205 Å². The van der Waals surface area contributed by atoms with Crippen molar-refractivity contribution in [1.29, 1.82) is 0 Å². The monoisotopic (exact) mass is 495 g/mol. The summed E-state index contributed by atoms with van der Waals surface area (Å²) < 4.78 is 1.92. The summed E-state index contributed by atoms with van der Waals surface area (Å²) in [7, 11) is 0. The van der Waals surface area contributed by atoms with Gasteiger partial charge in [0.2, 0.25) is 5.91 Å². The Kier molecular flexibility index (Phi) is 7.44. The molecule has 0 saturated heterocycles. The zero-order chi connectivity index (χ0) is 23.2. The van der Waals surface area contributed by atoms with Crippen molar-refractivity contribution < 1.29 is 4.79 Å². The number of carbonyl (C=O) groups is 1. The average Bonchev–Trinajstić information content (AvgIpc) is 3.20. The summed E-state index contributed by atoms with van der Waals surface area (Å²) in [4.78, 5) is 17.4. The number of aromatic nitrogens is 4. The Morgan fingerprint density at radius 1 is 1.06 bits per heavy atom. The lowest BCUT2D eigenvalue weighted by molar-refractivity contribution is -0.115. The third-order valence-corrected chi connectivity index (χ3v) is 6.33. The minimum absolute atomic E-state index is 0.233. The van der Waals surface area contributed by atoms with Gasteiger partial charge in [0, 0.05) is 40.2 Å². The summed E-state index contributed by atoms with van der Waals surface area (Å²) in [6, 6.07) is 18.1. The Morgan fingerprint density at radius 2 is 1.76 bits per heavy atom. The normalized spacial score (nSPS) is 11.7. The van der Waals surface area contributed by atoms with Gasteiger partial charge in [-0.3, -0.25) is 14.3 Å². The summed E-state index contributed by atoms with van der Waals surface area (Å²) in [6.07, 6.45) is 5.17. The molecule has 1 amide bonds. The van der Waals surface area contributed by atoms with Crippen molar-refractivity contribution in [2.75, 3.05) is 5.32 Å². The van der Waals surface area contributed by atoms with Gasteiger partial charge in [-0.25, -0.2) is 0 Å². The molecule has 0 aliphatic carbocycles. The number of anilines is 1. The maximum atomic E-state index is 13.4. The van der Waals surface area contributed by atoms with E-state index in [0.717, 1.165) is 11.1 Å². The highest BCUT2D eigenvalue weighted by Gasteiger charge is 2.26. The lowest BCUT2D eigenvalue weighted by atomic mass is 10.1. The standard InChI is InChI=1S/C24H19Cl2N5OS/c1-2-12-31-22(17-8-10-27-11-9-17)29-30-24(31)33-21(16-6-4-3-5-7-16)23(32)28-20-14-18(25)13-19(26)15-20/h2-11,13-15,21H,1,12H2,(H,28,32). The van der Waals surface area contributed by atoms with Crippen LogP contribution in [-0.4, -0.2) is 25.7 Å². The Bertz CT molecular complexity index is 1240. The van der Waals surface area contributed by atoms with E-state index in [1.807, 2.05) is 47.0 Å². The van der Waals surface area contributed by atoms with Gasteiger partial charge in [0.05, 0.1) is 0 Å². The predicted octanol–water partition coefficient (Wildman–Crippen LogP) is 6.31. The molecule has 1 unspecified atom stereocenters. The van der Waals surface area contributed by atoms with Crippen molar-refractivity contribution in [3.8, 4) is 11.4 Å². The number of amides is 1. The van der Waals surface area contributed by atoms with Crippen LogP contribution in [-0.2, 0) is 11.3 Å². The summed E-state index contributed by atoms with van der Waals surface area (Å²) in [6.45, 7) is 4.34. The van der Waals surface area contributed by atoms with Crippen molar-refractivity contribution in [2.24, 2.45) is 0 Å². The van der Waals surface area contributed by atoms with Crippen LogP contribution in [0.2, 0.25) is 10.0 Å². The Balaban J connectivity index is 1.68. The SMILES string of the molecule is C=CCn1c(SC(C(=O)Nc2cc(Cl)cc(Cl)c2)c2ccccc2)nnc1-c1ccncc1. The van der Waals surface area contributed by atoms with E-state index in [1.165, 1.54) is 11.8 Å². The predicted molar refractivity (Wildman–Crippen MR) is 134 cm³/mol. The fourth-order valence-electron chi connectivity index (χ4n) is 3.22. The molecule has 4 rings (SSSR count). The van der Waals surface area contributed by atoms with Gasteiger partial charge < -0.3 is 5.32 Å². The number of rotatable bonds is 8. The van der Waals surface area contributed by atoms with E-state index in [2.05, 4.69) is 27.1 Å². The van der Waals surface area contributed by atoms with Crippen LogP contribution in [0.1, 0.15) is 10.8 Å². The molecular formula is C24H19Cl2N5OS. The third kappa shape index (κ3) is 5.63. The molecule has 166 valence electrons. The van der Waals surface area contributed by atoms with E-state index in [1.54, 1.807) is 36.7 Å². The fourth-order valence-corrected chi connectivity index (χ4v) is 4.80. The van der Waals surface area contributed by atoms with Gasteiger partial charge in [0.15, 0.2) is 11.0 Å². The van der Waals surface area contributed by atoms with Crippen molar-refractivity contribution in [2.45, 2.75) is 17.0 Å². The largest absolute Gasteiger partial charge is 0.325 e. The van der Waals surface area contributed by atoms with Gasteiger partial charge in [-0.15, -0.1) is 16.8 Å². The number of nitrogens with zero attached hydrogens (tertiary/aromatic N) is 4. The lowest BCUT2D eigenvalue weighted by Crippen LogP contribution is -2.19. The van der Waals surface area contributed by atoms with Crippen molar-refractivity contribution in [3.63, 3.8) is 0 Å². The molecule has 1 N–H and O–H groups in total. The van der Waals surface area contributed by atoms with E-state index in [9.17, 15) is 4.79 Å². The average molecular weight is 496 g/mol. The molecule has 0 fully saturated rings. The second kappa shape index (κ2) is 10.7. The molecule has 2 aromatic heterocycles. The quantitative estimate of drug-likeness (QED) is 0.229. The molecule has 0 aliphatic rings. The first kappa shape index (κ1) is 23.0. The van der Waals surface area contributed by atoms with E-state index in [0.29, 0.717) is 33.3 Å². The van der Waals surface area contributed by atoms with Crippen LogP contribution in [0.5, 0.6) is 0 Å². The number of allylic oxidation sites excluding steroid dienone is 1. The molecule has 4 aromatic rings. The topological polar surface area (TPSA) is 72.7 Å². The molecule has 6 nitrogen and oxygen atoms in total. The minimum Gasteiger partial charge on any atom is -0.325 e. The van der Waals surface area contributed by atoms with Crippen molar-refractivity contribution >= 4 is 46.6 Å². The zero-order valence-corrected chi connectivity index (χ0v) is 19.7.